The van der Waals surface area contributed by atoms with E-state index in [-0.39, 0.29) is 18.1 Å². The number of rotatable bonds is 5. The molecule has 2 aromatic rings. The lowest BCUT2D eigenvalue weighted by Crippen LogP contribution is -2.27. The molecule has 1 amide bonds. The maximum atomic E-state index is 11.3. The number of amides is 1. The first-order valence-electron chi connectivity index (χ1n) is 5.98. The zero-order valence-electron chi connectivity index (χ0n) is 10.3. The second kappa shape index (κ2) is 5.49. The Morgan fingerprint density at radius 2 is 2.06 bits per heavy atom. The molecule has 0 spiro atoms. The number of H-pyrrole nitrogens is 1. The number of carbonyl (C=O) groups excluding carboxylic acids is 2. The molecule has 1 aromatic carbocycles. The van der Waals surface area contributed by atoms with Crippen molar-refractivity contribution in [2.24, 2.45) is 0 Å². The molecule has 0 aliphatic carbocycles. The zero-order valence-corrected chi connectivity index (χ0v) is 10.3. The van der Waals surface area contributed by atoms with Crippen molar-refractivity contribution in [3.05, 3.63) is 36.0 Å². The van der Waals surface area contributed by atoms with E-state index in [2.05, 4.69) is 16.4 Å². The Labute approximate surface area is 105 Å². The van der Waals surface area contributed by atoms with E-state index in [0.29, 0.717) is 6.54 Å². The van der Waals surface area contributed by atoms with Crippen LogP contribution in [-0.2, 0) is 16.0 Å². The summed E-state index contributed by atoms with van der Waals surface area (Å²) in [5, 5.41) is 3.92. The predicted molar refractivity (Wildman–Crippen MR) is 70.3 cm³/mol. The van der Waals surface area contributed by atoms with Crippen molar-refractivity contribution in [1.29, 1.82) is 0 Å². The summed E-state index contributed by atoms with van der Waals surface area (Å²) in [6.07, 6.45) is 2.68. The molecule has 4 nitrogen and oxygen atoms in total. The van der Waals surface area contributed by atoms with Crippen LogP contribution >= 0.6 is 0 Å². The lowest BCUT2D eigenvalue weighted by atomic mass is 10.1. The van der Waals surface area contributed by atoms with Crippen molar-refractivity contribution >= 4 is 22.6 Å². The molecule has 4 heteroatoms. The molecule has 2 rings (SSSR count). The van der Waals surface area contributed by atoms with E-state index >= 15 is 0 Å². The number of aromatic amines is 1. The highest BCUT2D eigenvalue weighted by atomic mass is 16.2. The van der Waals surface area contributed by atoms with E-state index in [9.17, 15) is 9.59 Å². The number of ketones is 1. The summed E-state index contributed by atoms with van der Waals surface area (Å²) in [7, 11) is 0. The molecule has 2 N–H and O–H groups in total. The molecule has 1 aromatic heterocycles. The largest absolute Gasteiger partial charge is 0.361 e. The summed E-state index contributed by atoms with van der Waals surface area (Å²) in [6.45, 7) is 1.97. The fourth-order valence-electron chi connectivity index (χ4n) is 1.96. The Hall–Kier alpha value is -2.10. The fraction of sp³-hybridized carbons (Fsp3) is 0.286. The van der Waals surface area contributed by atoms with Gasteiger partial charge in [-0.2, -0.15) is 0 Å². The van der Waals surface area contributed by atoms with Crippen LogP contribution in [-0.4, -0.2) is 23.2 Å². The minimum atomic E-state index is -0.206. The third kappa shape index (κ3) is 2.97. The Morgan fingerprint density at radius 3 is 2.83 bits per heavy atom. The maximum absolute atomic E-state index is 11.3. The number of aromatic nitrogens is 1. The minimum absolute atomic E-state index is 0.0338. The number of hydrogen-bond acceptors (Lipinski definition) is 2. The van der Waals surface area contributed by atoms with E-state index in [4.69, 9.17) is 0 Å². The quantitative estimate of drug-likeness (QED) is 0.788. The molecule has 94 valence electrons. The van der Waals surface area contributed by atoms with Gasteiger partial charge in [-0.25, -0.2) is 0 Å². The van der Waals surface area contributed by atoms with E-state index in [0.717, 1.165) is 11.9 Å². The molecule has 0 aliphatic rings. The molecule has 0 atom stereocenters. The van der Waals surface area contributed by atoms with Gasteiger partial charge in [0, 0.05) is 23.6 Å². The SMILES string of the molecule is CC(=O)CC(=O)NCCc1c[nH]c2ccccc12. The average Bonchev–Trinajstić information content (AvgIpc) is 2.72. The van der Waals surface area contributed by atoms with Gasteiger partial charge in [0.05, 0.1) is 6.42 Å². The monoisotopic (exact) mass is 244 g/mol. The molecule has 0 fully saturated rings. The number of nitrogens with one attached hydrogen (secondary N) is 2. The number of hydrogen-bond donors (Lipinski definition) is 2. The zero-order chi connectivity index (χ0) is 13.0. The van der Waals surface area contributed by atoms with Crippen LogP contribution in [0.2, 0.25) is 0 Å². The number of carbonyl (C=O) groups is 2. The topological polar surface area (TPSA) is 62.0 Å². The van der Waals surface area contributed by atoms with Gasteiger partial charge in [-0.05, 0) is 25.0 Å². The van der Waals surface area contributed by atoms with Crippen molar-refractivity contribution in [3.8, 4) is 0 Å². The van der Waals surface area contributed by atoms with E-state index < -0.39 is 0 Å². The Kier molecular flexibility index (Phi) is 3.77. The van der Waals surface area contributed by atoms with Crippen LogP contribution in [0.25, 0.3) is 10.9 Å². The van der Waals surface area contributed by atoms with Crippen LogP contribution in [0, 0.1) is 0 Å². The highest BCUT2D eigenvalue weighted by molar-refractivity contribution is 5.96. The van der Waals surface area contributed by atoms with Gasteiger partial charge in [0.1, 0.15) is 5.78 Å². The van der Waals surface area contributed by atoms with Crippen LogP contribution in [0.15, 0.2) is 30.5 Å². The minimum Gasteiger partial charge on any atom is -0.361 e. The second-order valence-electron chi connectivity index (χ2n) is 4.34. The van der Waals surface area contributed by atoms with E-state index in [1.165, 1.54) is 17.9 Å². The smallest absolute Gasteiger partial charge is 0.227 e. The molecule has 0 saturated carbocycles. The Morgan fingerprint density at radius 1 is 1.28 bits per heavy atom. The Balaban J connectivity index is 1.91. The molecule has 0 bridgehead atoms. The molecular formula is C14H16N2O2. The van der Waals surface area contributed by atoms with E-state index in [1.54, 1.807) is 0 Å². The van der Waals surface area contributed by atoms with Crippen LogP contribution in [0.4, 0.5) is 0 Å². The summed E-state index contributed by atoms with van der Waals surface area (Å²) >= 11 is 0. The van der Waals surface area contributed by atoms with Gasteiger partial charge in [-0.1, -0.05) is 18.2 Å². The third-order valence-electron chi connectivity index (χ3n) is 2.80. The van der Waals surface area contributed by atoms with Crippen molar-refractivity contribution in [2.75, 3.05) is 6.54 Å². The summed E-state index contributed by atoms with van der Waals surface area (Å²) in [5.41, 5.74) is 2.27. The highest BCUT2D eigenvalue weighted by Crippen LogP contribution is 2.17. The van der Waals surface area contributed by atoms with Crippen LogP contribution < -0.4 is 5.32 Å². The highest BCUT2D eigenvalue weighted by Gasteiger charge is 2.06. The van der Waals surface area contributed by atoms with Crippen molar-refractivity contribution in [2.45, 2.75) is 19.8 Å². The molecule has 18 heavy (non-hydrogen) atoms. The summed E-state index contributed by atoms with van der Waals surface area (Å²) in [6, 6.07) is 8.05. The fourth-order valence-corrected chi connectivity index (χ4v) is 1.96. The standard InChI is InChI=1S/C14H16N2O2/c1-10(17)8-14(18)15-7-6-11-9-16-13-5-3-2-4-12(11)13/h2-5,9,16H,6-8H2,1H3,(H,15,18). The third-order valence-corrected chi connectivity index (χ3v) is 2.80. The summed E-state index contributed by atoms with van der Waals surface area (Å²) < 4.78 is 0. The van der Waals surface area contributed by atoms with Gasteiger partial charge in [0.2, 0.25) is 5.91 Å². The molecule has 0 saturated heterocycles. The van der Waals surface area contributed by atoms with E-state index in [1.807, 2.05) is 24.4 Å². The summed E-state index contributed by atoms with van der Waals surface area (Å²) in [5.74, 6) is -0.318. The van der Waals surface area contributed by atoms with Gasteiger partial charge >= 0.3 is 0 Å². The predicted octanol–water partition coefficient (Wildman–Crippen LogP) is 1.81. The van der Waals surface area contributed by atoms with Crippen molar-refractivity contribution < 1.29 is 9.59 Å². The van der Waals surface area contributed by atoms with Crippen LogP contribution in [0.3, 0.4) is 0 Å². The number of benzene rings is 1. The maximum Gasteiger partial charge on any atom is 0.227 e. The first-order chi connectivity index (χ1) is 8.66. The number of para-hydroxylation sites is 1. The lowest BCUT2D eigenvalue weighted by Gasteiger charge is -2.03. The molecular weight excluding hydrogens is 228 g/mol. The molecule has 0 radical (unpaired) electrons. The average molecular weight is 244 g/mol. The number of Topliss-reactive ketones (excluding diaryl/α,β-unsaturated/α-hetero) is 1. The number of fused-ring (bicyclic) bond motifs is 1. The van der Waals surface area contributed by atoms with Gasteiger partial charge < -0.3 is 10.3 Å². The van der Waals surface area contributed by atoms with Crippen LogP contribution in [0.5, 0.6) is 0 Å². The summed E-state index contributed by atoms with van der Waals surface area (Å²) in [4.78, 5) is 25.3. The normalized spacial score (nSPS) is 10.5. The van der Waals surface area contributed by atoms with Gasteiger partial charge in [-0.15, -0.1) is 0 Å². The Bertz CT molecular complexity index is 572. The first-order valence-corrected chi connectivity index (χ1v) is 5.98. The lowest BCUT2D eigenvalue weighted by molar-refractivity contribution is -0.127. The molecule has 0 unspecified atom stereocenters. The van der Waals surface area contributed by atoms with Crippen molar-refractivity contribution in [3.63, 3.8) is 0 Å². The molecule has 0 aliphatic heterocycles. The first kappa shape index (κ1) is 12.4. The molecule has 1 heterocycles. The second-order valence-corrected chi connectivity index (χ2v) is 4.34. The van der Waals surface area contributed by atoms with Gasteiger partial charge in [0.25, 0.3) is 0 Å². The van der Waals surface area contributed by atoms with Crippen molar-refractivity contribution in [1.82, 2.24) is 10.3 Å². The van der Waals surface area contributed by atoms with Gasteiger partial charge in [0.15, 0.2) is 0 Å². The van der Waals surface area contributed by atoms with Gasteiger partial charge in [-0.3, -0.25) is 9.59 Å². The van der Waals surface area contributed by atoms with Crippen LogP contribution in [0.1, 0.15) is 18.9 Å².